The second kappa shape index (κ2) is 5.64. The number of rotatable bonds is 3. The average Bonchev–Trinajstić information content (AvgIpc) is 2.56. The number of nitrogens with zero attached hydrogens (tertiary/aromatic N) is 1. The summed E-state index contributed by atoms with van der Waals surface area (Å²) in [5.74, 6) is -0.318. The van der Waals surface area contributed by atoms with Gasteiger partial charge in [0, 0.05) is 18.3 Å². The lowest BCUT2D eigenvalue weighted by Crippen LogP contribution is -2.18. The largest absolute Gasteiger partial charge is 0.505 e. The number of benzene rings is 2. The van der Waals surface area contributed by atoms with Gasteiger partial charge >= 0.3 is 0 Å². The Balaban J connectivity index is 2.30. The minimum absolute atomic E-state index is 0.310. The predicted octanol–water partition coefficient (Wildman–Crippen LogP) is 2.85. The van der Waals surface area contributed by atoms with Gasteiger partial charge in [0.2, 0.25) is 0 Å². The smallest absolute Gasteiger partial charge is 0.266 e. The van der Waals surface area contributed by atoms with E-state index in [2.05, 4.69) is 0 Å². The molecule has 1 heterocycles. The van der Waals surface area contributed by atoms with Gasteiger partial charge in [-0.25, -0.2) is 4.39 Å². The van der Waals surface area contributed by atoms with E-state index in [1.807, 2.05) is 0 Å². The second-order valence-electron chi connectivity index (χ2n) is 4.92. The van der Waals surface area contributed by atoms with Crippen LogP contribution in [0, 0.1) is 5.82 Å². The summed E-state index contributed by atoms with van der Waals surface area (Å²) < 4.78 is 25.3. The Morgan fingerprint density at radius 1 is 1.09 bits per heavy atom. The first-order valence-corrected chi connectivity index (χ1v) is 6.81. The maximum absolute atomic E-state index is 13.5. The standard InChI is InChI=1S/C17H14FNO4/c1-22-12-7-10-5-6-19(11-3-4-14(20)13(18)8-11)17(21)16(10)15(9-12)23-2/h3-9,20H,1-2H3. The number of hydrogen-bond acceptors (Lipinski definition) is 4. The van der Waals surface area contributed by atoms with Crippen LogP contribution in [0.3, 0.4) is 0 Å². The first-order chi connectivity index (χ1) is 11.0. The molecule has 2 aromatic carbocycles. The molecule has 1 N–H and O–H groups in total. The molecule has 23 heavy (non-hydrogen) atoms. The van der Waals surface area contributed by atoms with E-state index in [0.29, 0.717) is 28.0 Å². The molecule has 0 spiro atoms. The zero-order valence-electron chi connectivity index (χ0n) is 12.5. The molecule has 0 bridgehead atoms. The van der Waals surface area contributed by atoms with Crippen LogP contribution in [-0.4, -0.2) is 23.9 Å². The van der Waals surface area contributed by atoms with E-state index >= 15 is 0 Å². The summed E-state index contributed by atoms with van der Waals surface area (Å²) in [6, 6.07) is 8.81. The summed E-state index contributed by atoms with van der Waals surface area (Å²) in [6.07, 6.45) is 1.54. The van der Waals surface area contributed by atoms with Crippen LogP contribution < -0.4 is 15.0 Å². The number of fused-ring (bicyclic) bond motifs is 1. The minimum atomic E-state index is -0.795. The third-order valence-corrected chi connectivity index (χ3v) is 3.61. The van der Waals surface area contributed by atoms with Crippen LogP contribution in [0.1, 0.15) is 0 Å². The summed E-state index contributed by atoms with van der Waals surface area (Å²) >= 11 is 0. The topological polar surface area (TPSA) is 60.7 Å². The zero-order chi connectivity index (χ0) is 16.6. The molecular weight excluding hydrogens is 301 g/mol. The highest BCUT2D eigenvalue weighted by atomic mass is 19.1. The van der Waals surface area contributed by atoms with Crippen molar-refractivity contribution < 1.29 is 19.0 Å². The monoisotopic (exact) mass is 315 g/mol. The molecule has 6 heteroatoms. The van der Waals surface area contributed by atoms with Crippen molar-refractivity contribution in [2.24, 2.45) is 0 Å². The van der Waals surface area contributed by atoms with Gasteiger partial charge in [-0.05, 0) is 29.7 Å². The molecule has 0 unspecified atom stereocenters. The van der Waals surface area contributed by atoms with Crippen molar-refractivity contribution in [1.29, 1.82) is 0 Å². The molecule has 0 saturated carbocycles. The van der Waals surface area contributed by atoms with Crippen LogP contribution in [0.2, 0.25) is 0 Å². The van der Waals surface area contributed by atoms with Gasteiger partial charge in [0.1, 0.15) is 11.5 Å². The van der Waals surface area contributed by atoms with E-state index in [9.17, 15) is 14.3 Å². The Kier molecular flexibility index (Phi) is 3.65. The molecule has 5 nitrogen and oxygen atoms in total. The van der Waals surface area contributed by atoms with Crippen LogP contribution in [0.15, 0.2) is 47.4 Å². The Labute approximate surface area is 131 Å². The third kappa shape index (κ3) is 2.48. The van der Waals surface area contributed by atoms with Gasteiger partial charge in [-0.3, -0.25) is 9.36 Å². The van der Waals surface area contributed by atoms with Crippen molar-refractivity contribution in [3.05, 3.63) is 58.8 Å². The van der Waals surface area contributed by atoms with Crippen LogP contribution in [0.25, 0.3) is 16.5 Å². The molecule has 3 rings (SSSR count). The lowest BCUT2D eigenvalue weighted by atomic mass is 10.1. The fourth-order valence-electron chi connectivity index (χ4n) is 2.44. The fourth-order valence-corrected chi connectivity index (χ4v) is 2.44. The van der Waals surface area contributed by atoms with E-state index in [1.165, 1.54) is 37.1 Å². The van der Waals surface area contributed by atoms with Crippen molar-refractivity contribution in [2.75, 3.05) is 14.2 Å². The van der Waals surface area contributed by atoms with E-state index in [0.717, 1.165) is 6.07 Å². The van der Waals surface area contributed by atoms with Crippen molar-refractivity contribution in [2.45, 2.75) is 0 Å². The van der Waals surface area contributed by atoms with Crippen LogP contribution in [-0.2, 0) is 0 Å². The van der Waals surface area contributed by atoms with E-state index in [1.54, 1.807) is 18.2 Å². The third-order valence-electron chi connectivity index (χ3n) is 3.61. The number of phenolic OH excluding ortho intramolecular Hbond substituents is 1. The molecular formula is C17H14FNO4. The lowest BCUT2D eigenvalue weighted by molar-refractivity contribution is 0.397. The summed E-state index contributed by atoms with van der Waals surface area (Å²) in [5, 5.41) is 10.3. The number of aromatic nitrogens is 1. The molecule has 0 atom stereocenters. The lowest BCUT2D eigenvalue weighted by Gasteiger charge is -2.11. The maximum Gasteiger partial charge on any atom is 0.266 e. The van der Waals surface area contributed by atoms with Crippen molar-refractivity contribution >= 4 is 10.8 Å². The van der Waals surface area contributed by atoms with Crippen molar-refractivity contribution in [1.82, 2.24) is 4.57 Å². The van der Waals surface area contributed by atoms with Gasteiger partial charge in [-0.15, -0.1) is 0 Å². The molecule has 0 aliphatic rings. The highest BCUT2D eigenvalue weighted by Crippen LogP contribution is 2.29. The molecule has 0 fully saturated rings. The van der Waals surface area contributed by atoms with Gasteiger partial charge in [0.25, 0.3) is 5.56 Å². The number of halogens is 1. The van der Waals surface area contributed by atoms with Crippen molar-refractivity contribution in [3.8, 4) is 22.9 Å². The Morgan fingerprint density at radius 3 is 2.52 bits per heavy atom. The SMILES string of the molecule is COc1cc(OC)c2c(=O)n(-c3ccc(O)c(F)c3)ccc2c1. The predicted molar refractivity (Wildman–Crippen MR) is 84.3 cm³/mol. The normalized spacial score (nSPS) is 10.7. The number of phenols is 1. The van der Waals surface area contributed by atoms with E-state index < -0.39 is 11.6 Å². The highest BCUT2D eigenvalue weighted by molar-refractivity contribution is 5.89. The number of pyridine rings is 1. The number of hydrogen-bond donors (Lipinski definition) is 1. The van der Waals surface area contributed by atoms with Gasteiger partial charge in [-0.1, -0.05) is 0 Å². The summed E-state index contributed by atoms with van der Waals surface area (Å²) in [7, 11) is 2.99. The molecule has 0 saturated heterocycles. The zero-order valence-corrected chi connectivity index (χ0v) is 12.5. The van der Waals surface area contributed by atoms with Gasteiger partial charge in [-0.2, -0.15) is 0 Å². The maximum atomic E-state index is 13.5. The second-order valence-corrected chi connectivity index (χ2v) is 4.92. The van der Waals surface area contributed by atoms with Crippen LogP contribution in [0.4, 0.5) is 4.39 Å². The Bertz CT molecular complexity index is 949. The fraction of sp³-hybridized carbons (Fsp3) is 0.118. The Morgan fingerprint density at radius 2 is 1.87 bits per heavy atom. The van der Waals surface area contributed by atoms with Crippen molar-refractivity contribution in [3.63, 3.8) is 0 Å². The molecule has 118 valence electrons. The number of ether oxygens (including phenoxy) is 2. The molecule has 3 aromatic rings. The van der Waals surface area contributed by atoms with Gasteiger partial charge in [0.05, 0.1) is 25.3 Å². The van der Waals surface area contributed by atoms with E-state index in [-0.39, 0.29) is 5.56 Å². The quantitative estimate of drug-likeness (QED) is 0.807. The molecule has 0 amide bonds. The highest BCUT2D eigenvalue weighted by Gasteiger charge is 2.13. The van der Waals surface area contributed by atoms with Crippen LogP contribution in [0.5, 0.6) is 17.2 Å². The summed E-state index contributed by atoms with van der Waals surface area (Å²) in [6.45, 7) is 0. The average molecular weight is 315 g/mol. The van der Waals surface area contributed by atoms with Gasteiger partial charge in [0.15, 0.2) is 11.6 Å². The minimum Gasteiger partial charge on any atom is -0.505 e. The summed E-state index contributed by atoms with van der Waals surface area (Å²) in [4.78, 5) is 12.8. The van der Waals surface area contributed by atoms with E-state index in [4.69, 9.17) is 9.47 Å². The molecule has 0 aliphatic heterocycles. The van der Waals surface area contributed by atoms with Crippen LogP contribution >= 0.6 is 0 Å². The summed E-state index contributed by atoms with van der Waals surface area (Å²) in [5.41, 5.74) is -0.0443. The first-order valence-electron chi connectivity index (χ1n) is 6.81. The Hall–Kier alpha value is -3.02. The number of methoxy groups -OCH3 is 2. The molecule has 0 radical (unpaired) electrons. The number of aromatic hydroxyl groups is 1. The molecule has 0 aliphatic carbocycles. The first kappa shape index (κ1) is 14.9. The van der Waals surface area contributed by atoms with Gasteiger partial charge < -0.3 is 14.6 Å². The molecule has 1 aromatic heterocycles.